The first-order valence-corrected chi connectivity index (χ1v) is 8.71. The fraction of sp³-hybridized carbons (Fsp3) is 0.467. The van der Waals surface area contributed by atoms with Gasteiger partial charge in [-0.1, -0.05) is 12.8 Å². The van der Waals surface area contributed by atoms with Crippen LogP contribution in [0.4, 0.5) is 0 Å². The normalized spacial score (nSPS) is 25.4. The van der Waals surface area contributed by atoms with E-state index >= 15 is 0 Å². The third-order valence-corrected chi connectivity index (χ3v) is 5.54. The minimum Gasteiger partial charge on any atom is -0.481 e. The number of halogens is 2. The van der Waals surface area contributed by atoms with Crippen molar-refractivity contribution >= 4 is 50.4 Å². The van der Waals surface area contributed by atoms with Crippen molar-refractivity contribution in [3.8, 4) is 0 Å². The van der Waals surface area contributed by atoms with E-state index in [4.69, 9.17) is 0 Å². The van der Waals surface area contributed by atoms with Gasteiger partial charge in [0.15, 0.2) is 0 Å². The predicted octanol–water partition coefficient (Wildman–Crippen LogP) is 3.82. The van der Waals surface area contributed by atoms with Crippen LogP contribution in [-0.2, 0) is 4.79 Å². The molecule has 1 aliphatic carbocycles. The average molecular weight is 466 g/mol. The highest BCUT2D eigenvalue weighted by molar-refractivity contribution is 14.1. The maximum atomic E-state index is 12.5. The Morgan fingerprint density at radius 3 is 2.81 bits per heavy atom. The van der Waals surface area contributed by atoms with Gasteiger partial charge in [-0.2, -0.15) is 0 Å². The molecule has 0 bridgehead atoms. The van der Waals surface area contributed by atoms with E-state index in [1.54, 1.807) is 13.0 Å². The van der Waals surface area contributed by atoms with Gasteiger partial charge in [0.2, 0.25) is 0 Å². The number of amides is 1. The van der Waals surface area contributed by atoms with Crippen LogP contribution in [0, 0.1) is 8.99 Å². The van der Waals surface area contributed by atoms with Crippen molar-refractivity contribution < 1.29 is 14.7 Å². The van der Waals surface area contributed by atoms with Gasteiger partial charge in [0.25, 0.3) is 5.91 Å². The zero-order chi connectivity index (χ0) is 15.6. The van der Waals surface area contributed by atoms with Crippen molar-refractivity contribution in [2.45, 2.75) is 38.6 Å². The molecule has 0 aromatic heterocycles. The van der Waals surface area contributed by atoms with Crippen LogP contribution in [0.25, 0.3) is 0 Å². The van der Waals surface area contributed by atoms with Gasteiger partial charge in [-0.05, 0) is 76.5 Å². The van der Waals surface area contributed by atoms with Gasteiger partial charge in [-0.25, -0.2) is 0 Å². The molecule has 1 aromatic rings. The van der Waals surface area contributed by atoms with Gasteiger partial charge in [0, 0.05) is 14.1 Å². The van der Waals surface area contributed by atoms with Gasteiger partial charge in [-0.3, -0.25) is 9.59 Å². The first kappa shape index (κ1) is 16.7. The molecule has 1 aromatic carbocycles. The van der Waals surface area contributed by atoms with E-state index in [2.05, 4.69) is 43.8 Å². The summed E-state index contributed by atoms with van der Waals surface area (Å²) in [6.45, 7) is 1.73. The molecule has 0 saturated heterocycles. The second-order valence-corrected chi connectivity index (χ2v) is 7.72. The Morgan fingerprint density at radius 2 is 2.14 bits per heavy atom. The van der Waals surface area contributed by atoms with E-state index in [-0.39, 0.29) is 11.9 Å². The Hall–Kier alpha value is -0.630. The summed E-state index contributed by atoms with van der Waals surface area (Å²) in [4.78, 5) is 24.0. The molecule has 2 N–H and O–H groups in total. The number of carbonyl (C=O) groups is 2. The number of benzene rings is 1. The Bertz CT molecular complexity index is 578. The Balaban J connectivity index is 2.21. The summed E-state index contributed by atoms with van der Waals surface area (Å²) in [7, 11) is 0. The van der Waals surface area contributed by atoms with Crippen LogP contribution in [0.3, 0.4) is 0 Å². The van der Waals surface area contributed by atoms with Crippen molar-refractivity contribution in [3.63, 3.8) is 0 Å². The van der Waals surface area contributed by atoms with Gasteiger partial charge >= 0.3 is 5.97 Å². The summed E-state index contributed by atoms with van der Waals surface area (Å²) < 4.78 is 1.68. The van der Waals surface area contributed by atoms with E-state index in [0.29, 0.717) is 22.9 Å². The molecule has 0 spiro atoms. The van der Waals surface area contributed by atoms with Crippen LogP contribution in [0.1, 0.15) is 43.0 Å². The number of carbonyl (C=O) groups excluding carboxylic acids is 1. The summed E-state index contributed by atoms with van der Waals surface area (Å²) >= 11 is 5.52. The van der Waals surface area contributed by atoms with Crippen molar-refractivity contribution in [1.82, 2.24) is 5.32 Å². The number of carboxylic acid groups (broad SMARTS) is 1. The third kappa shape index (κ3) is 3.59. The van der Waals surface area contributed by atoms with Crippen molar-refractivity contribution in [2.24, 2.45) is 5.41 Å². The Labute approximate surface area is 146 Å². The number of hydrogen-bond donors (Lipinski definition) is 2. The lowest BCUT2D eigenvalue weighted by atomic mass is 9.71. The summed E-state index contributed by atoms with van der Waals surface area (Å²) in [6, 6.07) is 5.19. The number of nitrogens with one attached hydrogen (secondary N) is 1. The first-order chi connectivity index (χ1) is 9.84. The lowest BCUT2D eigenvalue weighted by Gasteiger charge is -2.38. The second kappa shape index (κ2) is 6.64. The van der Waals surface area contributed by atoms with Gasteiger partial charge in [0.1, 0.15) is 0 Å². The zero-order valence-corrected chi connectivity index (χ0v) is 15.4. The SMILES string of the molecule is CC1(C(=O)O)CCCCC1NC(=O)c1cc(I)ccc1Br. The number of aliphatic carboxylic acids is 1. The highest BCUT2D eigenvalue weighted by Crippen LogP contribution is 2.36. The summed E-state index contributed by atoms with van der Waals surface area (Å²) in [5.41, 5.74) is -0.345. The van der Waals surface area contributed by atoms with Crippen LogP contribution >= 0.6 is 38.5 Å². The van der Waals surface area contributed by atoms with Crippen LogP contribution in [0.2, 0.25) is 0 Å². The average Bonchev–Trinajstić information content (AvgIpc) is 2.43. The molecule has 1 aliphatic rings. The largest absolute Gasteiger partial charge is 0.481 e. The molecule has 1 saturated carbocycles. The van der Waals surface area contributed by atoms with Crippen molar-refractivity contribution in [2.75, 3.05) is 0 Å². The molecule has 21 heavy (non-hydrogen) atoms. The summed E-state index contributed by atoms with van der Waals surface area (Å²) in [5, 5.41) is 12.4. The molecule has 1 fully saturated rings. The summed E-state index contributed by atoms with van der Waals surface area (Å²) in [6.07, 6.45) is 3.14. The maximum Gasteiger partial charge on any atom is 0.311 e. The zero-order valence-electron chi connectivity index (χ0n) is 11.7. The van der Waals surface area contributed by atoms with Gasteiger partial charge in [0.05, 0.1) is 11.0 Å². The maximum absolute atomic E-state index is 12.5. The standard InChI is InChI=1S/C15H17BrINO3/c1-15(14(20)21)7-3-2-4-12(15)18-13(19)10-8-9(17)5-6-11(10)16/h5-6,8,12H,2-4,7H2,1H3,(H,18,19)(H,20,21). The molecule has 4 nitrogen and oxygen atoms in total. The van der Waals surface area contributed by atoms with E-state index in [9.17, 15) is 14.7 Å². The predicted molar refractivity (Wildman–Crippen MR) is 92.3 cm³/mol. The number of rotatable bonds is 3. The lowest BCUT2D eigenvalue weighted by molar-refractivity contribution is -0.151. The van der Waals surface area contributed by atoms with Crippen molar-refractivity contribution in [3.05, 3.63) is 31.8 Å². The van der Waals surface area contributed by atoms with Gasteiger partial charge in [-0.15, -0.1) is 0 Å². The molecule has 6 heteroatoms. The van der Waals surface area contributed by atoms with Crippen LogP contribution in [0.5, 0.6) is 0 Å². The molecule has 2 rings (SSSR count). The lowest BCUT2D eigenvalue weighted by Crippen LogP contribution is -2.52. The second-order valence-electron chi connectivity index (χ2n) is 5.62. The summed E-state index contributed by atoms with van der Waals surface area (Å²) in [5.74, 6) is -1.06. The quantitative estimate of drug-likeness (QED) is 0.667. The number of carboxylic acids is 1. The smallest absolute Gasteiger partial charge is 0.311 e. The van der Waals surface area contributed by atoms with Crippen LogP contribution in [0.15, 0.2) is 22.7 Å². The van der Waals surface area contributed by atoms with Crippen LogP contribution < -0.4 is 5.32 Å². The minimum atomic E-state index is -0.887. The molecule has 2 atom stereocenters. The van der Waals surface area contributed by atoms with E-state index in [1.165, 1.54) is 0 Å². The highest BCUT2D eigenvalue weighted by atomic mass is 127. The molecular formula is C15H17BrINO3. The first-order valence-electron chi connectivity index (χ1n) is 6.84. The van der Waals surface area contributed by atoms with E-state index < -0.39 is 11.4 Å². The number of hydrogen-bond acceptors (Lipinski definition) is 2. The molecule has 0 aliphatic heterocycles. The Kier molecular flexibility index (Phi) is 5.29. The monoisotopic (exact) mass is 465 g/mol. The molecular weight excluding hydrogens is 449 g/mol. The molecule has 0 radical (unpaired) electrons. The molecule has 0 heterocycles. The highest BCUT2D eigenvalue weighted by Gasteiger charge is 2.44. The third-order valence-electron chi connectivity index (χ3n) is 4.17. The fourth-order valence-electron chi connectivity index (χ4n) is 2.73. The molecule has 114 valence electrons. The Morgan fingerprint density at radius 1 is 1.43 bits per heavy atom. The molecule has 2 unspecified atom stereocenters. The van der Waals surface area contributed by atoms with Crippen LogP contribution in [-0.4, -0.2) is 23.0 Å². The fourth-order valence-corrected chi connectivity index (χ4v) is 3.65. The topological polar surface area (TPSA) is 66.4 Å². The van der Waals surface area contributed by atoms with E-state index in [1.807, 2.05) is 12.1 Å². The van der Waals surface area contributed by atoms with Crippen molar-refractivity contribution in [1.29, 1.82) is 0 Å². The molecule has 1 amide bonds. The van der Waals surface area contributed by atoms with Gasteiger partial charge < -0.3 is 10.4 Å². The van der Waals surface area contributed by atoms with E-state index in [0.717, 1.165) is 16.4 Å². The minimum absolute atomic E-state index is 0.222.